The number of anilines is 1. The van der Waals surface area contributed by atoms with Crippen LogP contribution in [0.2, 0.25) is 0 Å². The van der Waals surface area contributed by atoms with Gasteiger partial charge in [0.15, 0.2) is 0 Å². The predicted molar refractivity (Wildman–Crippen MR) is 67.5 cm³/mol. The molecule has 0 heterocycles. The van der Waals surface area contributed by atoms with Gasteiger partial charge in [0.25, 0.3) is 0 Å². The first-order chi connectivity index (χ1) is 8.10. The highest BCUT2D eigenvalue weighted by molar-refractivity contribution is 5.96. The van der Waals surface area contributed by atoms with E-state index < -0.39 is 6.04 Å². The number of nitrogens with zero attached hydrogens (tertiary/aromatic N) is 2. The second kappa shape index (κ2) is 6.02. The lowest BCUT2D eigenvalue weighted by molar-refractivity contribution is -0.119. The van der Waals surface area contributed by atoms with Crippen molar-refractivity contribution in [2.24, 2.45) is 5.73 Å². The van der Waals surface area contributed by atoms with Crippen LogP contribution in [0.5, 0.6) is 0 Å². The summed E-state index contributed by atoms with van der Waals surface area (Å²) in [6.07, 6.45) is 1.54. The molecule has 0 spiro atoms. The molecule has 1 amide bonds. The van der Waals surface area contributed by atoms with Gasteiger partial charge in [-0.05, 0) is 24.6 Å². The predicted octanol–water partition coefficient (Wildman–Crippen LogP) is 1.65. The Kier molecular flexibility index (Phi) is 4.68. The first-order valence-electron chi connectivity index (χ1n) is 5.63. The lowest BCUT2D eigenvalue weighted by Gasteiger charge is -2.21. The van der Waals surface area contributed by atoms with Gasteiger partial charge >= 0.3 is 0 Å². The number of hydrogen-bond donors (Lipinski definition) is 1. The summed E-state index contributed by atoms with van der Waals surface area (Å²) in [5.41, 5.74) is 7.01. The van der Waals surface area contributed by atoms with Crippen LogP contribution in [0.25, 0.3) is 0 Å². The van der Waals surface area contributed by atoms with Gasteiger partial charge in [-0.2, -0.15) is 5.26 Å². The van der Waals surface area contributed by atoms with Crippen molar-refractivity contribution in [2.45, 2.75) is 25.8 Å². The highest BCUT2D eigenvalue weighted by Crippen LogP contribution is 2.15. The highest BCUT2D eigenvalue weighted by atomic mass is 16.2. The van der Waals surface area contributed by atoms with Gasteiger partial charge in [0.1, 0.15) is 0 Å². The smallest absolute Gasteiger partial charge is 0.243 e. The number of benzene rings is 1. The van der Waals surface area contributed by atoms with E-state index in [1.54, 1.807) is 31.3 Å². The molecule has 1 aromatic rings. The van der Waals surface area contributed by atoms with Crippen molar-refractivity contribution < 1.29 is 4.79 Å². The second-order valence-corrected chi connectivity index (χ2v) is 3.95. The van der Waals surface area contributed by atoms with Crippen molar-refractivity contribution in [3.63, 3.8) is 0 Å². The summed E-state index contributed by atoms with van der Waals surface area (Å²) in [7, 11) is 1.67. The van der Waals surface area contributed by atoms with E-state index in [1.165, 1.54) is 4.90 Å². The fraction of sp³-hybridized carbons (Fsp3) is 0.385. The fourth-order valence-corrected chi connectivity index (χ4v) is 1.59. The molecule has 2 N–H and O–H groups in total. The summed E-state index contributed by atoms with van der Waals surface area (Å²) in [5, 5.41) is 8.80. The molecule has 0 aliphatic heterocycles. The molecule has 0 aliphatic carbocycles. The summed E-state index contributed by atoms with van der Waals surface area (Å²) >= 11 is 0. The SMILES string of the molecule is CCC[C@@H](N)C(=O)N(C)c1cccc(C#N)c1. The van der Waals surface area contributed by atoms with Crippen molar-refractivity contribution >= 4 is 11.6 Å². The average Bonchev–Trinajstić information content (AvgIpc) is 2.37. The van der Waals surface area contributed by atoms with E-state index in [0.29, 0.717) is 17.7 Å². The molecule has 1 aromatic carbocycles. The largest absolute Gasteiger partial charge is 0.320 e. The zero-order chi connectivity index (χ0) is 12.8. The summed E-state index contributed by atoms with van der Waals surface area (Å²) in [4.78, 5) is 13.5. The topological polar surface area (TPSA) is 70.1 Å². The number of likely N-dealkylation sites (N-methyl/N-ethyl adjacent to an activating group) is 1. The minimum absolute atomic E-state index is 0.123. The average molecular weight is 231 g/mol. The van der Waals surface area contributed by atoms with E-state index in [1.807, 2.05) is 13.0 Å². The van der Waals surface area contributed by atoms with Crippen LogP contribution in [-0.2, 0) is 4.79 Å². The summed E-state index contributed by atoms with van der Waals surface area (Å²) in [6, 6.07) is 8.49. The monoisotopic (exact) mass is 231 g/mol. The van der Waals surface area contributed by atoms with Crippen LogP contribution < -0.4 is 10.6 Å². The maximum atomic E-state index is 12.0. The number of rotatable bonds is 4. The molecule has 0 saturated heterocycles. The Morgan fingerprint density at radius 2 is 2.29 bits per heavy atom. The van der Waals surface area contributed by atoms with Crippen molar-refractivity contribution in [1.82, 2.24) is 0 Å². The Balaban J connectivity index is 2.85. The molecule has 0 aliphatic rings. The van der Waals surface area contributed by atoms with Crippen molar-refractivity contribution in [3.8, 4) is 6.07 Å². The van der Waals surface area contributed by atoms with E-state index in [0.717, 1.165) is 6.42 Å². The van der Waals surface area contributed by atoms with Gasteiger partial charge in [0.05, 0.1) is 17.7 Å². The van der Waals surface area contributed by atoms with Crippen molar-refractivity contribution in [1.29, 1.82) is 5.26 Å². The zero-order valence-electron chi connectivity index (χ0n) is 10.2. The third kappa shape index (κ3) is 3.30. The first kappa shape index (κ1) is 13.2. The molecule has 0 saturated carbocycles. The van der Waals surface area contributed by atoms with E-state index in [4.69, 9.17) is 11.0 Å². The molecule has 0 fully saturated rings. The Bertz CT molecular complexity index is 437. The summed E-state index contributed by atoms with van der Waals surface area (Å²) in [5.74, 6) is -0.123. The molecule has 4 heteroatoms. The van der Waals surface area contributed by atoms with Crippen LogP contribution in [0.3, 0.4) is 0 Å². The lowest BCUT2D eigenvalue weighted by Crippen LogP contribution is -2.41. The Labute approximate surface area is 102 Å². The number of nitriles is 1. The third-order valence-electron chi connectivity index (χ3n) is 2.61. The molecule has 1 atom stereocenters. The number of carbonyl (C=O) groups excluding carboxylic acids is 1. The molecular formula is C13H17N3O. The van der Waals surface area contributed by atoms with E-state index >= 15 is 0 Å². The molecule has 90 valence electrons. The number of carbonyl (C=O) groups is 1. The molecular weight excluding hydrogens is 214 g/mol. The van der Waals surface area contributed by atoms with Gasteiger partial charge in [0, 0.05) is 12.7 Å². The molecule has 0 unspecified atom stereocenters. The maximum Gasteiger partial charge on any atom is 0.243 e. The number of hydrogen-bond acceptors (Lipinski definition) is 3. The summed E-state index contributed by atoms with van der Waals surface area (Å²) in [6.45, 7) is 1.99. The van der Waals surface area contributed by atoms with Crippen LogP contribution in [0.15, 0.2) is 24.3 Å². The van der Waals surface area contributed by atoms with Crippen LogP contribution in [0.4, 0.5) is 5.69 Å². The van der Waals surface area contributed by atoms with Gasteiger partial charge in [-0.25, -0.2) is 0 Å². The third-order valence-corrected chi connectivity index (χ3v) is 2.61. The van der Waals surface area contributed by atoms with Crippen molar-refractivity contribution in [3.05, 3.63) is 29.8 Å². The Hall–Kier alpha value is -1.86. The van der Waals surface area contributed by atoms with Gasteiger partial charge in [-0.1, -0.05) is 19.4 Å². The molecule has 0 radical (unpaired) electrons. The van der Waals surface area contributed by atoms with Crippen molar-refractivity contribution in [2.75, 3.05) is 11.9 Å². The fourth-order valence-electron chi connectivity index (χ4n) is 1.59. The minimum atomic E-state index is -0.476. The molecule has 0 bridgehead atoms. The van der Waals surface area contributed by atoms with Crippen LogP contribution in [0, 0.1) is 11.3 Å². The van der Waals surface area contributed by atoms with Crippen LogP contribution in [-0.4, -0.2) is 19.0 Å². The van der Waals surface area contributed by atoms with Gasteiger partial charge < -0.3 is 10.6 Å². The zero-order valence-corrected chi connectivity index (χ0v) is 10.2. The minimum Gasteiger partial charge on any atom is -0.320 e. The van der Waals surface area contributed by atoms with Gasteiger partial charge in [-0.3, -0.25) is 4.79 Å². The maximum absolute atomic E-state index is 12.0. The Morgan fingerprint density at radius 1 is 1.59 bits per heavy atom. The second-order valence-electron chi connectivity index (χ2n) is 3.95. The highest BCUT2D eigenvalue weighted by Gasteiger charge is 2.18. The molecule has 4 nitrogen and oxygen atoms in total. The van der Waals surface area contributed by atoms with Crippen LogP contribution >= 0.6 is 0 Å². The molecule has 17 heavy (non-hydrogen) atoms. The number of nitrogens with two attached hydrogens (primary N) is 1. The molecule has 1 rings (SSSR count). The van der Waals surface area contributed by atoms with E-state index in [2.05, 4.69) is 0 Å². The standard InChI is InChI=1S/C13H17N3O/c1-3-5-12(15)13(17)16(2)11-7-4-6-10(8-11)9-14/h4,6-8,12H,3,5,15H2,1-2H3/t12-/m1/s1. The lowest BCUT2D eigenvalue weighted by atomic mass is 10.1. The quantitative estimate of drug-likeness (QED) is 0.856. The number of amides is 1. The molecule has 0 aromatic heterocycles. The normalized spacial score (nSPS) is 11.6. The summed E-state index contributed by atoms with van der Waals surface area (Å²) < 4.78 is 0. The van der Waals surface area contributed by atoms with Gasteiger partial charge in [-0.15, -0.1) is 0 Å². The van der Waals surface area contributed by atoms with Gasteiger partial charge in [0.2, 0.25) is 5.91 Å². The Morgan fingerprint density at radius 3 is 2.88 bits per heavy atom. The first-order valence-corrected chi connectivity index (χ1v) is 5.63. The van der Waals surface area contributed by atoms with Crippen LogP contribution in [0.1, 0.15) is 25.3 Å². The van der Waals surface area contributed by atoms with E-state index in [9.17, 15) is 4.79 Å². The van der Waals surface area contributed by atoms with E-state index in [-0.39, 0.29) is 5.91 Å².